The van der Waals surface area contributed by atoms with Gasteiger partial charge in [0.15, 0.2) is 11.6 Å². The molecule has 0 aliphatic rings. The summed E-state index contributed by atoms with van der Waals surface area (Å²) in [4.78, 5) is 0. The number of phenols is 1. The molecule has 0 saturated carbocycles. The van der Waals surface area contributed by atoms with Crippen LogP contribution in [0.15, 0.2) is 16.6 Å². The van der Waals surface area contributed by atoms with E-state index < -0.39 is 5.82 Å². The van der Waals surface area contributed by atoms with Crippen molar-refractivity contribution in [3.8, 4) is 5.75 Å². The fourth-order valence-corrected chi connectivity index (χ4v) is 1.67. The van der Waals surface area contributed by atoms with Crippen molar-refractivity contribution in [1.82, 2.24) is 0 Å². The Balaban J connectivity index is 2.85. The number of rotatable bonds is 3. The monoisotopic (exact) mass is 261 g/mol. The molecule has 2 nitrogen and oxygen atoms in total. The molecule has 0 aliphatic carbocycles. The van der Waals surface area contributed by atoms with Crippen LogP contribution in [0.1, 0.15) is 18.9 Å². The third kappa shape index (κ3) is 2.96. The van der Waals surface area contributed by atoms with Gasteiger partial charge < -0.3 is 10.8 Å². The minimum absolute atomic E-state index is 0.0523. The molecule has 0 unspecified atom stereocenters. The molecular formula is C10H13BrFNO. The van der Waals surface area contributed by atoms with Crippen LogP contribution in [0.25, 0.3) is 0 Å². The Hall–Kier alpha value is -0.610. The van der Waals surface area contributed by atoms with Crippen LogP contribution in [0.5, 0.6) is 5.75 Å². The van der Waals surface area contributed by atoms with E-state index in [-0.39, 0.29) is 11.8 Å². The summed E-state index contributed by atoms with van der Waals surface area (Å²) >= 11 is 3.17. The van der Waals surface area contributed by atoms with E-state index in [1.165, 1.54) is 6.07 Å². The standard InChI is InChI=1S/C10H13BrFNO/c1-6(13)2-3-7-4-8(11)5-9(12)10(7)14/h4-6,14H,2-3,13H2,1H3/t6-/m0/s1. The Morgan fingerprint density at radius 1 is 1.57 bits per heavy atom. The second kappa shape index (κ2) is 4.75. The fourth-order valence-electron chi connectivity index (χ4n) is 1.19. The van der Waals surface area contributed by atoms with Gasteiger partial charge in [0, 0.05) is 10.5 Å². The van der Waals surface area contributed by atoms with Gasteiger partial charge in [-0.15, -0.1) is 0 Å². The average molecular weight is 262 g/mol. The van der Waals surface area contributed by atoms with E-state index in [0.717, 1.165) is 6.42 Å². The van der Waals surface area contributed by atoms with Gasteiger partial charge in [0.2, 0.25) is 0 Å². The van der Waals surface area contributed by atoms with Crippen molar-refractivity contribution in [2.75, 3.05) is 0 Å². The number of hydrogen-bond acceptors (Lipinski definition) is 2. The maximum absolute atomic E-state index is 13.1. The lowest BCUT2D eigenvalue weighted by Gasteiger charge is -2.08. The highest BCUT2D eigenvalue weighted by Crippen LogP contribution is 2.27. The Labute approximate surface area is 91.1 Å². The molecule has 1 aromatic rings. The molecular weight excluding hydrogens is 249 g/mol. The maximum Gasteiger partial charge on any atom is 0.166 e. The zero-order valence-corrected chi connectivity index (χ0v) is 9.51. The summed E-state index contributed by atoms with van der Waals surface area (Å²) in [5.74, 6) is -0.868. The molecule has 0 amide bonds. The first-order valence-electron chi connectivity index (χ1n) is 4.43. The molecule has 3 N–H and O–H groups in total. The van der Waals surface area contributed by atoms with Crippen LogP contribution in [0.3, 0.4) is 0 Å². The predicted molar refractivity (Wildman–Crippen MR) is 57.7 cm³/mol. The van der Waals surface area contributed by atoms with Gasteiger partial charge in [-0.1, -0.05) is 15.9 Å². The summed E-state index contributed by atoms with van der Waals surface area (Å²) in [5.41, 5.74) is 6.17. The third-order valence-corrected chi connectivity index (χ3v) is 2.43. The molecule has 1 rings (SSSR count). The molecule has 1 atom stereocenters. The molecule has 0 spiro atoms. The number of aromatic hydroxyl groups is 1. The van der Waals surface area contributed by atoms with Gasteiger partial charge in [-0.25, -0.2) is 4.39 Å². The van der Waals surface area contributed by atoms with E-state index >= 15 is 0 Å². The zero-order chi connectivity index (χ0) is 10.7. The second-order valence-corrected chi connectivity index (χ2v) is 4.33. The molecule has 78 valence electrons. The van der Waals surface area contributed by atoms with Crippen LogP contribution >= 0.6 is 15.9 Å². The van der Waals surface area contributed by atoms with Gasteiger partial charge in [0.1, 0.15) is 0 Å². The summed E-state index contributed by atoms with van der Waals surface area (Å²) in [5, 5.41) is 9.40. The van der Waals surface area contributed by atoms with Crippen LogP contribution in [-0.4, -0.2) is 11.1 Å². The highest BCUT2D eigenvalue weighted by Gasteiger charge is 2.09. The molecule has 0 fully saturated rings. The van der Waals surface area contributed by atoms with Gasteiger partial charge in [0.25, 0.3) is 0 Å². The Bertz CT molecular complexity index is 328. The first-order valence-corrected chi connectivity index (χ1v) is 5.22. The first kappa shape index (κ1) is 11.5. The Morgan fingerprint density at radius 2 is 2.21 bits per heavy atom. The topological polar surface area (TPSA) is 46.2 Å². The molecule has 0 saturated heterocycles. The van der Waals surface area contributed by atoms with Crippen molar-refractivity contribution >= 4 is 15.9 Å². The largest absolute Gasteiger partial charge is 0.505 e. The molecule has 0 aliphatic heterocycles. The number of hydrogen-bond donors (Lipinski definition) is 2. The molecule has 0 heterocycles. The molecule has 0 aromatic heterocycles. The first-order chi connectivity index (χ1) is 6.50. The summed E-state index contributed by atoms with van der Waals surface area (Å²) in [6, 6.07) is 3.00. The van der Waals surface area contributed by atoms with Crippen molar-refractivity contribution in [3.63, 3.8) is 0 Å². The summed E-state index contributed by atoms with van der Waals surface area (Å²) in [6.45, 7) is 1.88. The quantitative estimate of drug-likeness (QED) is 0.879. The molecule has 1 aromatic carbocycles. The SMILES string of the molecule is C[C@H](N)CCc1cc(Br)cc(F)c1O. The van der Waals surface area contributed by atoms with Crippen molar-refractivity contribution in [2.45, 2.75) is 25.8 Å². The van der Waals surface area contributed by atoms with Gasteiger partial charge in [-0.05, 0) is 37.5 Å². The summed E-state index contributed by atoms with van der Waals surface area (Å²) in [6.07, 6.45) is 1.31. The highest BCUT2D eigenvalue weighted by molar-refractivity contribution is 9.10. The van der Waals surface area contributed by atoms with Crippen LogP contribution < -0.4 is 5.73 Å². The smallest absolute Gasteiger partial charge is 0.166 e. The number of phenolic OH excluding ortho intramolecular Hbond substituents is 1. The lowest BCUT2D eigenvalue weighted by atomic mass is 10.1. The molecule has 4 heteroatoms. The van der Waals surface area contributed by atoms with Gasteiger partial charge in [-0.2, -0.15) is 0 Å². The van der Waals surface area contributed by atoms with E-state index in [9.17, 15) is 9.50 Å². The van der Waals surface area contributed by atoms with Crippen molar-refractivity contribution in [2.24, 2.45) is 5.73 Å². The van der Waals surface area contributed by atoms with Crippen LogP contribution in [0.2, 0.25) is 0 Å². The number of nitrogens with two attached hydrogens (primary N) is 1. The fraction of sp³-hybridized carbons (Fsp3) is 0.400. The summed E-state index contributed by atoms with van der Waals surface area (Å²) in [7, 11) is 0. The van der Waals surface area contributed by atoms with Gasteiger partial charge in [-0.3, -0.25) is 0 Å². The Morgan fingerprint density at radius 3 is 2.79 bits per heavy atom. The van der Waals surface area contributed by atoms with E-state index in [2.05, 4.69) is 15.9 Å². The number of halogens is 2. The van der Waals surface area contributed by atoms with Crippen LogP contribution in [-0.2, 0) is 6.42 Å². The van der Waals surface area contributed by atoms with Crippen LogP contribution in [0.4, 0.5) is 4.39 Å². The van der Waals surface area contributed by atoms with Gasteiger partial charge in [0.05, 0.1) is 0 Å². The minimum atomic E-state index is -0.598. The lowest BCUT2D eigenvalue weighted by Crippen LogP contribution is -2.15. The highest BCUT2D eigenvalue weighted by atomic mass is 79.9. The second-order valence-electron chi connectivity index (χ2n) is 3.41. The zero-order valence-electron chi connectivity index (χ0n) is 7.93. The lowest BCUT2D eigenvalue weighted by molar-refractivity contribution is 0.424. The number of benzene rings is 1. The third-order valence-electron chi connectivity index (χ3n) is 1.98. The van der Waals surface area contributed by atoms with E-state index in [1.807, 2.05) is 6.92 Å². The normalized spacial score (nSPS) is 12.9. The van der Waals surface area contributed by atoms with Gasteiger partial charge >= 0.3 is 0 Å². The Kier molecular flexibility index (Phi) is 3.89. The molecule has 0 radical (unpaired) electrons. The maximum atomic E-state index is 13.1. The molecule has 0 bridgehead atoms. The van der Waals surface area contributed by atoms with Crippen molar-refractivity contribution in [1.29, 1.82) is 0 Å². The average Bonchev–Trinajstić information content (AvgIpc) is 2.08. The summed E-state index contributed by atoms with van der Waals surface area (Å²) < 4.78 is 13.7. The van der Waals surface area contributed by atoms with E-state index in [4.69, 9.17) is 5.73 Å². The van der Waals surface area contributed by atoms with Crippen molar-refractivity contribution in [3.05, 3.63) is 28.0 Å². The number of aryl methyl sites for hydroxylation is 1. The molecule has 14 heavy (non-hydrogen) atoms. The minimum Gasteiger partial charge on any atom is -0.505 e. The van der Waals surface area contributed by atoms with E-state index in [1.54, 1.807) is 6.07 Å². The predicted octanol–water partition coefficient (Wildman–Crippen LogP) is 2.57. The van der Waals surface area contributed by atoms with E-state index in [0.29, 0.717) is 16.5 Å². The van der Waals surface area contributed by atoms with Crippen LogP contribution in [0, 0.1) is 5.82 Å². The van der Waals surface area contributed by atoms with Crippen molar-refractivity contribution < 1.29 is 9.50 Å².